The van der Waals surface area contributed by atoms with Gasteiger partial charge >= 0.3 is 0 Å². The van der Waals surface area contributed by atoms with Crippen LogP contribution in [-0.2, 0) is 4.79 Å². The van der Waals surface area contributed by atoms with Gasteiger partial charge in [-0.1, -0.05) is 24.3 Å². The van der Waals surface area contributed by atoms with E-state index in [9.17, 15) is 4.79 Å². The summed E-state index contributed by atoms with van der Waals surface area (Å²) in [5, 5.41) is 0. The first-order chi connectivity index (χ1) is 9.76. The highest BCUT2D eigenvalue weighted by molar-refractivity contribution is 5.86. The van der Waals surface area contributed by atoms with Crippen LogP contribution in [0.25, 0.3) is 0 Å². The van der Waals surface area contributed by atoms with Crippen molar-refractivity contribution in [2.45, 2.75) is 45.3 Å². The number of rotatable bonds is 3. The van der Waals surface area contributed by atoms with Gasteiger partial charge in [-0.05, 0) is 38.8 Å². The molecule has 2 N–H and O–H groups in total. The van der Waals surface area contributed by atoms with E-state index in [4.69, 9.17) is 5.73 Å². The summed E-state index contributed by atoms with van der Waals surface area (Å²) in [6.07, 6.45) is 0. The molecular formula is C17H27N3O. The van der Waals surface area contributed by atoms with Crippen molar-refractivity contribution in [3.8, 4) is 0 Å². The molecule has 0 saturated carbocycles. The zero-order chi connectivity index (χ0) is 15.8. The molecule has 4 heteroatoms. The molecule has 1 fully saturated rings. The molecule has 21 heavy (non-hydrogen) atoms. The predicted molar refractivity (Wildman–Crippen MR) is 86.0 cm³/mol. The number of piperazine rings is 1. The Hall–Kier alpha value is -1.39. The van der Waals surface area contributed by atoms with Crippen molar-refractivity contribution in [1.82, 2.24) is 9.80 Å². The van der Waals surface area contributed by atoms with Gasteiger partial charge in [0.25, 0.3) is 0 Å². The van der Waals surface area contributed by atoms with Gasteiger partial charge in [0.15, 0.2) is 0 Å². The van der Waals surface area contributed by atoms with Crippen LogP contribution < -0.4 is 5.73 Å². The van der Waals surface area contributed by atoms with E-state index in [0.29, 0.717) is 0 Å². The normalized spacial score (nSPS) is 22.2. The third-order valence-electron chi connectivity index (χ3n) is 4.61. The number of nitrogens with two attached hydrogens (primary N) is 1. The molecule has 0 aromatic heterocycles. The largest absolute Gasteiger partial charge is 0.343 e. The van der Waals surface area contributed by atoms with Gasteiger partial charge in [-0.3, -0.25) is 9.69 Å². The summed E-state index contributed by atoms with van der Waals surface area (Å²) >= 11 is 0. The van der Waals surface area contributed by atoms with E-state index >= 15 is 0 Å². The summed E-state index contributed by atoms with van der Waals surface area (Å²) < 4.78 is 0. The molecule has 1 amide bonds. The Morgan fingerprint density at radius 2 is 1.86 bits per heavy atom. The van der Waals surface area contributed by atoms with Crippen LogP contribution in [0.5, 0.6) is 0 Å². The Bertz CT molecular complexity index is 525. The molecule has 0 bridgehead atoms. The maximum absolute atomic E-state index is 12.5. The molecule has 116 valence electrons. The standard InChI is InChI=1S/C17H27N3O/c1-12-8-6-7-9-14(12)15(13(2)18)20-11-10-19(5)16(21)17(20,3)4/h6-9,13,15H,10-11,18H2,1-5H3. The van der Waals surface area contributed by atoms with Gasteiger partial charge in [-0.15, -0.1) is 0 Å². The van der Waals surface area contributed by atoms with E-state index in [-0.39, 0.29) is 18.0 Å². The number of likely N-dealkylation sites (N-methyl/N-ethyl adjacent to an activating group) is 1. The summed E-state index contributed by atoms with van der Waals surface area (Å²) in [5.74, 6) is 0.160. The minimum atomic E-state index is -0.534. The minimum Gasteiger partial charge on any atom is -0.343 e. The van der Waals surface area contributed by atoms with E-state index in [1.807, 2.05) is 44.9 Å². The summed E-state index contributed by atoms with van der Waals surface area (Å²) in [6.45, 7) is 9.72. The summed E-state index contributed by atoms with van der Waals surface area (Å²) in [4.78, 5) is 16.6. The van der Waals surface area contributed by atoms with Crippen LogP contribution in [0.1, 0.15) is 37.9 Å². The summed E-state index contributed by atoms with van der Waals surface area (Å²) in [6, 6.07) is 8.33. The maximum Gasteiger partial charge on any atom is 0.242 e. The lowest BCUT2D eigenvalue weighted by Gasteiger charge is -2.49. The monoisotopic (exact) mass is 289 g/mol. The highest BCUT2D eigenvalue weighted by Gasteiger charge is 2.45. The molecule has 0 spiro atoms. The van der Waals surface area contributed by atoms with E-state index in [1.165, 1.54) is 11.1 Å². The van der Waals surface area contributed by atoms with Crippen LogP contribution in [0.15, 0.2) is 24.3 Å². The lowest BCUT2D eigenvalue weighted by molar-refractivity contribution is -0.150. The fourth-order valence-corrected chi connectivity index (χ4v) is 3.37. The smallest absolute Gasteiger partial charge is 0.242 e. The van der Waals surface area contributed by atoms with E-state index in [1.54, 1.807) is 0 Å². The number of amides is 1. The lowest BCUT2D eigenvalue weighted by Crippen LogP contribution is -2.64. The number of benzene rings is 1. The molecule has 2 atom stereocenters. The molecule has 1 aromatic rings. The Morgan fingerprint density at radius 1 is 1.24 bits per heavy atom. The van der Waals surface area contributed by atoms with Crippen LogP contribution in [0.3, 0.4) is 0 Å². The highest BCUT2D eigenvalue weighted by Crippen LogP contribution is 2.34. The van der Waals surface area contributed by atoms with Crippen molar-refractivity contribution >= 4 is 5.91 Å². The lowest BCUT2D eigenvalue weighted by atomic mass is 9.88. The number of carbonyl (C=O) groups is 1. The van der Waals surface area contributed by atoms with Gasteiger partial charge in [0, 0.05) is 26.2 Å². The van der Waals surface area contributed by atoms with E-state index in [2.05, 4.69) is 24.0 Å². The number of hydrogen-bond acceptors (Lipinski definition) is 3. The number of carbonyl (C=O) groups excluding carboxylic acids is 1. The molecule has 2 rings (SSSR count). The number of nitrogens with zero attached hydrogens (tertiary/aromatic N) is 2. The fourth-order valence-electron chi connectivity index (χ4n) is 3.37. The molecule has 1 aliphatic rings. The molecule has 4 nitrogen and oxygen atoms in total. The van der Waals surface area contributed by atoms with Crippen molar-refractivity contribution in [2.24, 2.45) is 5.73 Å². The van der Waals surface area contributed by atoms with Crippen LogP contribution in [-0.4, -0.2) is 47.4 Å². The fraction of sp³-hybridized carbons (Fsp3) is 0.588. The minimum absolute atomic E-state index is 0.0402. The first kappa shape index (κ1) is 16.0. The third kappa shape index (κ3) is 2.83. The predicted octanol–water partition coefficient (Wildman–Crippen LogP) is 1.94. The van der Waals surface area contributed by atoms with Gasteiger partial charge in [0.1, 0.15) is 0 Å². The maximum atomic E-state index is 12.5. The van der Waals surface area contributed by atoms with Crippen LogP contribution in [0.2, 0.25) is 0 Å². The van der Waals surface area contributed by atoms with Gasteiger partial charge in [-0.25, -0.2) is 0 Å². The van der Waals surface area contributed by atoms with Gasteiger partial charge in [0.2, 0.25) is 5.91 Å². The topological polar surface area (TPSA) is 49.6 Å². The SMILES string of the molecule is Cc1ccccc1C(C(C)N)N1CCN(C)C(=O)C1(C)C. The van der Waals surface area contributed by atoms with Gasteiger partial charge in [0.05, 0.1) is 11.6 Å². The summed E-state index contributed by atoms with van der Waals surface area (Å²) in [7, 11) is 1.87. The quantitative estimate of drug-likeness (QED) is 0.925. The van der Waals surface area contributed by atoms with E-state index in [0.717, 1.165) is 13.1 Å². The van der Waals surface area contributed by atoms with Gasteiger partial charge < -0.3 is 10.6 Å². The number of hydrogen-bond donors (Lipinski definition) is 1. The second kappa shape index (κ2) is 5.78. The highest BCUT2D eigenvalue weighted by atomic mass is 16.2. The van der Waals surface area contributed by atoms with Crippen molar-refractivity contribution in [2.75, 3.05) is 20.1 Å². The zero-order valence-corrected chi connectivity index (χ0v) is 13.8. The average molecular weight is 289 g/mol. The molecule has 1 aliphatic heterocycles. The first-order valence-corrected chi connectivity index (χ1v) is 7.60. The second-order valence-electron chi connectivity index (χ2n) is 6.64. The average Bonchev–Trinajstić information content (AvgIpc) is 2.41. The Labute approximate surface area is 127 Å². The van der Waals surface area contributed by atoms with Crippen LogP contribution >= 0.6 is 0 Å². The molecule has 2 unspecified atom stereocenters. The Kier molecular flexibility index (Phi) is 4.40. The van der Waals surface area contributed by atoms with Crippen molar-refractivity contribution in [3.05, 3.63) is 35.4 Å². The Morgan fingerprint density at radius 3 is 2.43 bits per heavy atom. The molecule has 1 aromatic carbocycles. The molecule has 1 saturated heterocycles. The van der Waals surface area contributed by atoms with E-state index < -0.39 is 5.54 Å². The third-order valence-corrected chi connectivity index (χ3v) is 4.61. The molecule has 0 aliphatic carbocycles. The van der Waals surface area contributed by atoms with Gasteiger partial charge in [-0.2, -0.15) is 0 Å². The Balaban J connectivity index is 2.44. The van der Waals surface area contributed by atoms with Crippen molar-refractivity contribution < 1.29 is 4.79 Å². The number of aryl methyl sites for hydroxylation is 1. The van der Waals surface area contributed by atoms with Crippen LogP contribution in [0.4, 0.5) is 0 Å². The van der Waals surface area contributed by atoms with Crippen LogP contribution in [0, 0.1) is 6.92 Å². The second-order valence-corrected chi connectivity index (χ2v) is 6.64. The first-order valence-electron chi connectivity index (χ1n) is 7.60. The van der Waals surface area contributed by atoms with Crippen molar-refractivity contribution in [1.29, 1.82) is 0 Å². The molecule has 1 heterocycles. The zero-order valence-electron chi connectivity index (χ0n) is 13.8. The van der Waals surface area contributed by atoms with Crippen molar-refractivity contribution in [3.63, 3.8) is 0 Å². The molecular weight excluding hydrogens is 262 g/mol. The molecule has 0 radical (unpaired) electrons. The summed E-state index contributed by atoms with van der Waals surface area (Å²) in [5.41, 5.74) is 8.21.